The number of aromatic nitrogens is 2. The number of rotatable bonds is 8. The minimum Gasteiger partial charge on any atom is -0.378 e. The standard InChI is InChI=1S/C26H25FN6O2/c1-3-33-23-12-24(29-2)31-14-17(23)9-20(26(33)35)19-11-22(21(27)10-16(19)13-28)30-15-25(34)32-18-7-5-4-6-8-18/h4-12,14,25,30,32,34H,3,15H2,1-2H3,(H,29,31). The zero-order chi connectivity index (χ0) is 24.9. The fourth-order valence-electron chi connectivity index (χ4n) is 3.92. The van der Waals surface area contributed by atoms with Gasteiger partial charge in [-0.25, -0.2) is 9.37 Å². The SMILES string of the molecule is CCn1c(=O)c(-c2cc(NCC(O)Nc3ccccc3)c(F)cc2C#N)cc2cnc(NC)cc21. The minimum atomic E-state index is -0.999. The number of nitriles is 1. The Bertz CT molecular complexity index is 1460. The van der Waals surface area contributed by atoms with Crippen molar-refractivity contribution in [3.63, 3.8) is 0 Å². The maximum absolute atomic E-state index is 14.8. The van der Waals surface area contributed by atoms with Crippen LogP contribution in [-0.2, 0) is 6.54 Å². The average molecular weight is 473 g/mol. The quantitative estimate of drug-likeness (QED) is 0.287. The number of nitrogens with zero attached hydrogens (tertiary/aromatic N) is 3. The molecule has 0 aliphatic rings. The van der Waals surface area contributed by atoms with Gasteiger partial charge in [-0.3, -0.25) is 4.79 Å². The van der Waals surface area contributed by atoms with E-state index in [1.165, 1.54) is 6.07 Å². The number of hydrogen-bond acceptors (Lipinski definition) is 7. The number of hydrogen-bond donors (Lipinski definition) is 4. The molecule has 2 heterocycles. The van der Waals surface area contributed by atoms with Crippen molar-refractivity contribution < 1.29 is 9.50 Å². The molecule has 1 unspecified atom stereocenters. The summed E-state index contributed by atoms with van der Waals surface area (Å²) in [4.78, 5) is 17.7. The normalized spacial score (nSPS) is 11.6. The number of aliphatic hydroxyl groups excluding tert-OH is 1. The molecule has 0 saturated carbocycles. The van der Waals surface area contributed by atoms with Crippen molar-refractivity contribution in [1.29, 1.82) is 5.26 Å². The highest BCUT2D eigenvalue weighted by Crippen LogP contribution is 2.29. The number of halogens is 1. The van der Waals surface area contributed by atoms with Crippen LogP contribution in [0.2, 0.25) is 0 Å². The van der Waals surface area contributed by atoms with Gasteiger partial charge in [-0.05, 0) is 37.3 Å². The van der Waals surface area contributed by atoms with Gasteiger partial charge < -0.3 is 25.6 Å². The molecule has 0 fully saturated rings. The molecule has 0 amide bonds. The van der Waals surface area contributed by atoms with Crippen LogP contribution in [0.15, 0.2) is 65.6 Å². The Balaban J connectivity index is 1.72. The first kappa shape index (κ1) is 23.7. The summed E-state index contributed by atoms with van der Waals surface area (Å²) in [6, 6.07) is 17.1. The van der Waals surface area contributed by atoms with Crippen LogP contribution in [0.25, 0.3) is 22.0 Å². The van der Waals surface area contributed by atoms with Crippen molar-refractivity contribution >= 4 is 28.1 Å². The molecule has 1 atom stereocenters. The van der Waals surface area contributed by atoms with Gasteiger partial charge in [-0.1, -0.05) is 18.2 Å². The van der Waals surface area contributed by atoms with Crippen LogP contribution in [0, 0.1) is 17.1 Å². The summed E-state index contributed by atoms with van der Waals surface area (Å²) in [7, 11) is 1.75. The van der Waals surface area contributed by atoms with Crippen molar-refractivity contribution in [3.8, 4) is 17.2 Å². The highest BCUT2D eigenvalue weighted by Gasteiger charge is 2.18. The molecule has 0 aliphatic heterocycles. The van der Waals surface area contributed by atoms with E-state index in [1.54, 1.807) is 42.1 Å². The fraction of sp³-hybridized carbons (Fsp3) is 0.192. The van der Waals surface area contributed by atoms with Gasteiger partial charge in [0.2, 0.25) is 0 Å². The van der Waals surface area contributed by atoms with Gasteiger partial charge in [0.05, 0.1) is 29.4 Å². The first-order valence-electron chi connectivity index (χ1n) is 11.1. The lowest BCUT2D eigenvalue weighted by Gasteiger charge is -2.17. The largest absolute Gasteiger partial charge is 0.378 e. The first-order valence-corrected chi connectivity index (χ1v) is 11.1. The molecule has 8 nitrogen and oxygen atoms in total. The van der Waals surface area contributed by atoms with Gasteiger partial charge in [0.25, 0.3) is 5.56 Å². The zero-order valence-corrected chi connectivity index (χ0v) is 19.3. The Kier molecular flexibility index (Phi) is 6.94. The fourth-order valence-corrected chi connectivity index (χ4v) is 3.92. The zero-order valence-electron chi connectivity index (χ0n) is 19.3. The Labute approximate surface area is 201 Å². The van der Waals surface area contributed by atoms with Crippen LogP contribution in [0.5, 0.6) is 0 Å². The molecule has 2 aromatic heterocycles. The van der Waals surface area contributed by atoms with E-state index in [0.29, 0.717) is 34.5 Å². The molecule has 9 heteroatoms. The second-order valence-electron chi connectivity index (χ2n) is 7.88. The summed E-state index contributed by atoms with van der Waals surface area (Å²) in [5, 5.41) is 29.4. The summed E-state index contributed by atoms with van der Waals surface area (Å²) in [5.41, 5.74) is 1.79. The maximum Gasteiger partial charge on any atom is 0.258 e. The van der Waals surface area contributed by atoms with Crippen LogP contribution >= 0.6 is 0 Å². The Morgan fingerprint density at radius 2 is 1.94 bits per heavy atom. The molecule has 0 spiro atoms. The number of nitrogens with one attached hydrogen (secondary N) is 3. The van der Waals surface area contributed by atoms with Crippen LogP contribution in [0.1, 0.15) is 12.5 Å². The van der Waals surface area contributed by atoms with E-state index >= 15 is 0 Å². The molecule has 4 N–H and O–H groups in total. The van der Waals surface area contributed by atoms with Crippen LogP contribution in [-0.4, -0.2) is 34.5 Å². The molecule has 2 aromatic carbocycles. The summed E-state index contributed by atoms with van der Waals surface area (Å²) in [6.07, 6.45) is 0.651. The molecule has 4 aromatic rings. The smallest absolute Gasteiger partial charge is 0.258 e. The number of aliphatic hydroxyl groups is 1. The van der Waals surface area contributed by atoms with Gasteiger partial charge >= 0.3 is 0 Å². The number of anilines is 3. The third-order valence-electron chi connectivity index (χ3n) is 5.66. The Morgan fingerprint density at radius 3 is 2.63 bits per heavy atom. The number of benzene rings is 2. The molecule has 0 saturated heterocycles. The van der Waals surface area contributed by atoms with Gasteiger partial charge in [0.15, 0.2) is 0 Å². The first-order chi connectivity index (χ1) is 16.9. The summed E-state index contributed by atoms with van der Waals surface area (Å²) in [6.45, 7) is 2.25. The van der Waals surface area contributed by atoms with Gasteiger partial charge in [-0.2, -0.15) is 5.26 Å². The molecular formula is C26H25FN6O2. The van der Waals surface area contributed by atoms with Gasteiger partial charge in [0.1, 0.15) is 17.9 Å². The number of aryl methyl sites for hydroxylation is 1. The van der Waals surface area contributed by atoms with Crippen LogP contribution in [0.4, 0.5) is 21.6 Å². The average Bonchev–Trinajstić information content (AvgIpc) is 2.87. The summed E-state index contributed by atoms with van der Waals surface area (Å²) >= 11 is 0. The molecular weight excluding hydrogens is 447 g/mol. The predicted octanol–water partition coefficient (Wildman–Crippen LogP) is 3.98. The lowest BCUT2D eigenvalue weighted by atomic mass is 9.99. The molecule has 0 aliphatic carbocycles. The van der Waals surface area contributed by atoms with E-state index in [1.807, 2.05) is 31.2 Å². The second kappa shape index (κ2) is 10.2. The van der Waals surface area contributed by atoms with Crippen molar-refractivity contribution in [3.05, 3.63) is 82.5 Å². The van der Waals surface area contributed by atoms with E-state index in [9.17, 15) is 19.6 Å². The number of para-hydroxylation sites is 1. The van der Waals surface area contributed by atoms with Crippen molar-refractivity contribution in [2.45, 2.75) is 19.7 Å². The predicted molar refractivity (Wildman–Crippen MR) is 136 cm³/mol. The number of pyridine rings is 2. The third kappa shape index (κ3) is 4.93. The van der Waals surface area contributed by atoms with Crippen molar-refractivity contribution in [1.82, 2.24) is 9.55 Å². The maximum atomic E-state index is 14.8. The van der Waals surface area contributed by atoms with E-state index in [4.69, 9.17) is 0 Å². The Morgan fingerprint density at radius 1 is 1.17 bits per heavy atom. The van der Waals surface area contributed by atoms with Crippen molar-refractivity contribution in [2.24, 2.45) is 0 Å². The lowest BCUT2D eigenvalue weighted by Crippen LogP contribution is -2.28. The molecule has 178 valence electrons. The number of fused-ring (bicyclic) bond motifs is 1. The molecule has 0 radical (unpaired) electrons. The molecule has 0 bridgehead atoms. The van der Waals surface area contributed by atoms with E-state index in [0.717, 1.165) is 6.07 Å². The lowest BCUT2D eigenvalue weighted by molar-refractivity contribution is 0.216. The van der Waals surface area contributed by atoms with E-state index < -0.39 is 12.0 Å². The molecule has 4 rings (SSSR count). The minimum absolute atomic E-state index is 0.00915. The van der Waals surface area contributed by atoms with Gasteiger partial charge in [-0.15, -0.1) is 0 Å². The Hall–Kier alpha value is -4.42. The topological polar surface area (TPSA) is 115 Å². The van der Waals surface area contributed by atoms with Crippen molar-refractivity contribution in [2.75, 3.05) is 29.5 Å². The monoisotopic (exact) mass is 472 g/mol. The highest BCUT2D eigenvalue weighted by molar-refractivity contribution is 5.87. The summed E-state index contributed by atoms with van der Waals surface area (Å²) in [5.74, 6) is -0.0327. The van der Waals surface area contributed by atoms with Crippen LogP contribution in [0.3, 0.4) is 0 Å². The molecule has 35 heavy (non-hydrogen) atoms. The highest BCUT2D eigenvalue weighted by atomic mass is 19.1. The third-order valence-corrected chi connectivity index (χ3v) is 5.66. The van der Waals surface area contributed by atoms with Gasteiger partial charge in [0, 0.05) is 48.1 Å². The summed E-state index contributed by atoms with van der Waals surface area (Å²) < 4.78 is 16.4. The van der Waals surface area contributed by atoms with Crippen LogP contribution < -0.4 is 21.5 Å². The van der Waals surface area contributed by atoms with E-state index in [-0.39, 0.29) is 28.9 Å². The van der Waals surface area contributed by atoms with E-state index in [2.05, 4.69) is 20.9 Å². The second-order valence-corrected chi connectivity index (χ2v) is 7.88.